The van der Waals surface area contributed by atoms with E-state index >= 15 is 0 Å². The van der Waals surface area contributed by atoms with Crippen LogP contribution in [0.2, 0.25) is 0 Å². The average molecular weight is 362 g/mol. The monoisotopic (exact) mass is 361 g/mol. The van der Waals surface area contributed by atoms with Gasteiger partial charge in [-0.15, -0.1) is 0 Å². The van der Waals surface area contributed by atoms with Crippen molar-refractivity contribution >= 4 is 28.6 Å². The Morgan fingerprint density at radius 3 is 2.76 bits per heavy atom. The minimum Gasteiger partial charge on any atom is -0.353 e. The van der Waals surface area contributed by atoms with Crippen LogP contribution in [0.3, 0.4) is 0 Å². The number of carbonyl (C=O) groups is 1. The number of thioether (sulfide) groups is 1. The third-order valence-corrected chi connectivity index (χ3v) is 5.10. The van der Waals surface area contributed by atoms with Gasteiger partial charge in [-0.1, -0.05) is 50.1 Å². The molecule has 0 saturated carbocycles. The molecular weight excluding hydrogens is 334 g/mol. The average Bonchev–Trinajstić information content (AvgIpc) is 2.60. The summed E-state index contributed by atoms with van der Waals surface area (Å²) in [5.41, 5.74) is 0.622. The van der Waals surface area contributed by atoms with E-state index in [9.17, 15) is 9.59 Å². The first-order chi connectivity index (χ1) is 12.1. The van der Waals surface area contributed by atoms with Crippen LogP contribution in [0, 0.1) is 0 Å². The molecule has 1 N–H and O–H groups in total. The number of nitrogens with zero attached hydrogens (tertiary/aromatic N) is 2. The van der Waals surface area contributed by atoms with Gasteiger partial charge in [-0.2, -0.15) is 0 Å². The maximum absolute atomic E-state index is 12.6. The molecule has 0 saturated heterocycles. The van der Waals surface area contributed by atoms with Gasteiger partial charge in [-0.05, 0) is 32.4 Å². The molecule has 1 unspecified atom stereocenters. The zero-order valence-electron chi connectivity index (χ0n) is 15.2. The summed E-state index contributed by atoms with van der Waals surface area (Å²) in [7, 11) is 0. The number of carbonyl (C=O) groups excluding carboxylic acids is 1. The first-order valence-corrected chi connectivity index (χ1v) is 9.97. The second-order valence-corrected chi connectivity index (χ2v) is 7.16. The Morgan fingerprint density at radius 2 is 2.04 bits per heavy atom. The Hall–Kier alpha value is -1.82. The normalized spacial score (nSPS) is 12.3. The van der Waals surface area contributed by atoms with E-state index in [2.05, 4.69) is 17.2 Å². The summed E-state index contributed by atoms with van der Waals surface area (Å²) in [6.07, 6.45) is 4.50. The van der Waals surface area contributed by atoms with E-state index in [1.54, 1.807) is 10.6 Å². The van der Waals surface area contributed by atoms with Crippen molar-refractivity contribution in [2.75, 3.05) is 5.75 Å². The third kappa shape index (κ3) is 5.33. The number of hydrogen-bond acceptors (Lipinski definition) is 4. The first kappa shape index (κ1) is 19.5. The Balaban J connectivity index is 2.02. The minimum absolute atomic E-state index is 0.0148. The van der Waals surface area contributed by atoms with E-state index in [0.29, 0.717) is 22.6 Å². The molecular formula is C19H27N3O2S. The number of unbranched alkanes of at least 4 members (excludes halogenated alkanes) is 2. The Bertz CT molecular complexity index is 773. The number of benzene rings is 1. The lowest BCUT2D eigenvalue weighted by molar-refractivity contribution is -0.119. The van der Waals surface area contributed by atoms with E-state index < -0.39 is 0 Å². The van der Waals surface area contributed by atoms with Crippen LogP contribution in [-0.4, -0.2) is 27.3 Å². The Morgan fingerprint density at radius 1 is 1.28 bits per heavy atom. The SMILES string of the molecule is CCCCCC(C)NC(=O)CSc1nc2ccccc2c(=O)n1CC. The smallest absolute Gasteiger partial charge is 0.262 e. The van der Waals surface area contributed by atoms with Crippen molar-refractivity contribution in [2.24, 2.45) is 0 Å². The lowest BCUT2D eigenvalue weighted by Gasteiger charge is -2.14. The molecule has 136 valence electrons. The van der Waals surface area contributed by atoms with Gasteiger partial charge in [-0.3, -0.25) is 14.2 Å². The van der Waals surface area contributed by atoms with Gasteiger partial charge < -0.3 is 5.32 Å². The molecule has 0 radical (unpaired) electrons. The lowest BCUT2D eigenvalue weighted by Crippen LogP contribution is -2.34. The lowest BCUT2D eigenvalue weighted by atomic mass is 10.1. The van der Waals surface area contributed by atoms with Crippen LogP contribution in [0.15, 0.2) is 34.2 Å². The molecule has 1 amide bonds. The molecule has 0 aliphatic rings. The van der Waals surface area contributed by atoms with Crippen LogP contribution in [0.4, 0.5) is 0 Å². The second-order valence-electron chi connectivity index (χ2n) is 6.21. The molecule has 2 aromatic rings. The first-order valence-electron chi connectivity index (χ1n) is 8.98. The molecule has 25 heavy (non-hydrogen) atoms. The van der Waals surface area contributed by atoms with E-state index in [1.165, 1.54) is 24.6 Å². The van der Waals surface area contributed by atoms with E-state index in [0.717, 1.165) is 12.8 Å². The summed E-state index contributed by atoms with van der Waals surface area (Å²) in [6, 6.07) is 7.50. The molecule has 0 bridgehead atoms. The Kier molecular flexibility index (Phi) is 7.50. The molecule has 0 fully saturated rings. The zero-order chi connectivity index (χ0) is 18.2. The maximum atomic E-state index is 12.6. The van der Waals surface area contributed by atoms with Gasteiger partial charge >= 0.3 is 0 Å². The highest BCUT2D eigenvalue weighted by atomic mass is 32.2. The van der Waals surface area contributed by atoms with Gasteiger partial charge in [0.25, 0.3) is 5.56 Å². The Labute approximate surface area is 153 Å². The molecule has 5 nitrogen and oxygen atoms in total. The molecule has 1 atom stereocenters. The van der Waals surface area contributed by atoms with Crippen molar-refractivity contribution in [1.82, 2.24) is 14.9 Å². The van der Waals surface area contributed by atoms with Crippen LogP contribution in [0.25, 0.3) is 10.9 Å². The van der Waals surface area contributed by atoms with Gasteiger partial charge in [0.05, 0.1) is 16.7 Å². The van der Waals surface area contributed by atoms with Gasteiger partial charge in [0.1, 0.15) is 0 Å². The predicted molar refractivity (Wildman–Crippen MR) is 104 cm³/mol. The zero-order valence-corrected chi connectivity index (χ0v) is 16.1. The molecule has 0 aliphatic carbocycles. The molecule has 6 heteroatoms. The molecule has 2 rings (SSSR count). The molecule has 1 aromatic heterocycles. The van der Waals surface area contributed by atoms with Gasteiger partial charge in [0.15, 0.2) is 5.16 Å². The van der Waals surface area contributed by atoms with Crippen molar-refractivity contribution in [2.45, 2.75) is 64.2 Å². The molecule has 0 spiro atoms. The second kappa shape index (κ2) is 9.61. The predicted octanol–water partition coefficient (Wildman–Crippen LogP) is 3.59. The fourth-order valence-electron chi connectivity index (χ4n) is 2.76. The van der Waals surface area contributed by atoms with Crippen LogP contribution in [0.5, 0.6) is 0 Å². The molecule has 1 aromatic carbocycles. The van der Waals surface area contributed by atoms with Crippen LogP contribution >= 0.6 is 11.8 Å². The number of para-hydroxylation sites is 1. The fraction of sp³-hybridized carbons (Fsp3) is 0.526. The van der Waals surface area contributed by atoms with Crippen molar-refractivity contribution in [1.29, 1.82) is 0 Å². The van der Waals surface area contributed by atoms with Crippen LogP contribution in [-0.2, 0) is 11.3 Å². The highest BCUT2D eigenvalue weighted by molar-refractivity contribution is 7.99. The van der Waals surface area contributed by atoms with Crippen molar-refractivity contribution < 1.29 is 4.79 Å². The van der Waals surface area contributed by atoms with Gasteiger partial charge in [0.2, 0.25) is 5.91 Å². The summed E-state index contributed by atoms with van der Waals surface area (Å²) in [6.45, 7) is 6.66. The van der Waals surface area contributed by atoms with E-state index in [4.69, 9.17) is 0 Å². The number of nitrogens with one attached hydrogen (secondary N) is 1. The number of aromatic nitrogens is 2. The van der Waals surface area contributed by atoms with Crippen molar-refractivity contribution in [3.63, 3.8) is 0 Å². The summed E-state index contributed by atoms with van der Waals surface area (Å²) in [5, 5.41) is 4.23. The van der Waals surface area contributed by atoms with Crippen LogP contribution < -0.4 is 10.9 Å². The number of hydrogen-bond donors (Lipinski definition) is 1. The number of fused-ring (bicyclic) bond motifs is 1. The summed E-state index contributed by atoms with van der Waals surface area (Å²) >= 11 is 1.32. The topological polar surface area (TPSA) is 64.0 Å². The third-order valence-electron chi connectivity index (χ3n) is 4.12. The summed E-state index contributed by atoms with van der Waals surface area (Å²) in [4.78, 5) is 29.3. The quantitative estimate of drug-likeness (QED) is 0.421. The van der Waals surface area contributed by atoms with E-state index in [-0.39, 0.29) is 23.3 Å². The van der Waals surface area contributed by atoms with Crippen molar-refractivity contribution in [3.05, 3.63) is 34.6 Å². The fourth-order valence-corrected chi connectivity index (χ4v) is 3.63. The summed E-state index contributed by atoms with van der Waals surface area (Å²) < 4.78 is 1.63. The highest BCUT2D eigenvalue weighted by Crippen LogP contribution is 2.17. The van der Waals surface area contributed by atoms with E-state index in [1.807, 2.05) is 32.0 Å². The maximum Gasteiger partial charge on any atom is 0.262 e. The molecule has 0 aliphatic heterocycles. The van der Waals surface area contributed by atoms with Crippen molar-refractivity contribution in [3.8, 4) is 0 Å². The summed E-state index contributed by atoms with van der Waals surface area (Å²) in [5.74, 6) is 0.252. The van der Waals surface area contributed by atoms with Crippen LogP contribution in [0.1, 0.15) is 46.5 Å². The highest BCUT2D eigenvalue weighted by Gasteiger charge is 2.13. The molecule has 1 heterocycles. The number of amides is 1. The number of rotatable bonds is 9. The largest absolute Gasteiger partial charge is 0.353 e. The minimum atomic E-state index is -0.0519. The van der Waals surface area contributed by atoms with Gasteiger partial charge in [-0.25, -0.2) is 4.98 Å². The standard InChI is InChI=1S/C19H27N3O2S/c1-4-6-7-10-14(3)20-17(23)13-25-19-21-16-12-9-8-11-15(16)18(24)22(19)5-2/h8-9,11-12,14H,4-7,10,13H2,1-3H3,(H,20,23). The van der Waals surface area contributed by atoms with Gasteiger partial charge in [0, 0.05) is 12.6 Å².